The van der Waals surface area contributed by atoms with Crippen molar-refractivity contribution in [2.24, 2.45) is 5.92 Å². The number of hydrogen-bond acceptors (Lipinski definition) is 2. The Bertz CT molecular complexity index is 350. The van der Waals surface area contributed by atoms with Gasteiger partial charge in [0, 0.05) is 18.1 Å². The number of aliphatic carboxylic acids is 1. The van der Waals surface area contributed by atoms with Crippen LogP contribution in [0.4, 0.5) is 4.79 Å². The van der Waals surface area contributed by atoms with Gasteiger partial charge in [-0.1, -0.05) is 19.8 Å². The van der Waals surface area contributed by atoms with Crippen LogP contribution >= 0.6 is 0 Å². The number of carbonyl (C=O) groups is 2. The molecule has 0 aromatic carbocycles. The molecule has 0 spiro atoms. The highest BCUT2D eigenvalue weighted by Gasteiger charge is 2.30. The zero-order valence-electron chi connectivity index (χ0n) is 13.1. The Morgan fingerprint density at radius 2 is 1.85 bits per heavy atom. The fourth-order valence-electron chi connectivity index (χ4n) is 2.72. The Hall–Kier alpha value is -1.26. The Labute approximate surface area is 121 Å². The van der Waals surface area contributed by atoms with E-state index in [-0.39, 0.29) is 30.6 Å². The van der Waals surface area contributed by atoms with Gasteiger partial charge in [0.25, 0.3) is 0 Å². The minimum Gasteiger partial charge on any atom is -0.481 e. The molecule has 2 unspecified atom stereocenters. The molecule has 0 aromatic rings. The normalized spacial score (nSPS) is 23.2. The standard InChI is InChI=1S/C15H28N2O3/c1-11-7-5-6-8-12(11)16-14(20)17(15(2,3)4)10-9-13(18)19/h11-12H,5-10H2,1-4H3,(H,16,20)(H,18,19). The average molecular weight is 284 g/mol. The molecular weight excluding hydrogens is 256 g/mol. The van der Waals surface area contributed by atoms with Gasteiger partial charge in [-0.2, -0.15) is 0 Å². The highest BCUT2D eigenvalue weighted by molar-refractivity contribution is 5.76. The Kier molecular flexibility index (Phi) is 5.84. The number of nitrogens with one attached hydrogen (secondary N) is 1. The molecule has 1 aliphatic carbocycles. The molecule has 0 heterocycles. The van der Waals surface area contributed by atoms with E-state index in [1.807, 2.05) is 20.8 Å². The summed E-state index contributed by atoms with van der Waals surface area (Å²) in [6.45, 7) is 8.20. The van der Waals surface area contributed by atoms with Crippen LogP contribution in [0, 0.1) is 5.92 Å². The molecule has 1 saturated carbocycles. The first-order valence-electron chi connectivity index (χ1n) is 7.51. The van der Waals surface area contributed by atoms with E-state index < -0.39 is 5.97 Å². The van der Waals surface area contributed by atoms with Crippen molar-refractivity contribution in [2.45, 2.75) is 71.4 Å². The number of carbonyl (C=O) groups excluding carboxylic acids is 1. The van der Waals surface area contributed by atoms with Crippen LogP contribution in [0.3, 0.4) is 0 Å². The zero-order chi connectivity index (χ0) is 15.3. The second-order valence-corrected chi connectivity index (χ2v) is 6.78. The van der Waals surface area contributed by atoms with Gasteiger partial charge in [0.1, 0.15) is 0 Å². The second-order valence-electron chi connectivity index (χ2n) is 6.78. The highest BCUT2D eigenvalue weighted by atomic mass is 16.4. The molecular formula is C15H28N2O3. The van der Waals surface area contributed by atoms with Crippen molar-refractivity contribution in [1.82, 2.24) is 10.2 Å². The highest BCUT2D eigenvalue weighted by Crippen LogP contribution is 2.24. The number of hydrogen-bond donors (Lipinski definition) is 2. The summed E-state index contributed by atoms with van der Waals surface area (Å²) in [7, 11) is 0. The van der Waals surface area contributed by atoms with Crippen molar-refractivity contribution in [3.63, 3.8) is 0 Å². The number of carboxylic acid groups (broad SMARTS) is 1. The van der Waals surface area contributed by atoms with Crippen molar-refractivity contribution in [2.75, 3.05) is 6.54 Å². The summed E-state index contributed by atoms with van der Waals surface area (Å²) in [5, 5.41) is 11.9. The predicted molar refractivity (Wildman–Crippen MR) is 78.7 cm³/mol. The van der Waals surface area contributed by atoms with E-state index >= 15 is 0 Å². The maximum Gasteiger partial charge on any atom is 0.318 e. The number of carboxylic acids is 1. The van der Waals surface area contributed by atoms with E-state index in [1.54, 1.807) is 4.90 Å². The van der Waals surface area contributed by atoms with E-state index in [0.29, 0.717) is 5.92 Å². The third-order valence-electron chi connectivity index (χ3n) is 4.02. The number of urea groups is 1. The van der Waals surface area contributed by atoms with Crippen LogP contribution in [0.15, 0.2) is 0 Å². The third kappa shape index (κ3) is 5.02. The lowest BCUT2D eigenvalue weighted by Crippen LogP contribution is -2.54. The van der Waals surface area contributed by atoms with Gasteiger partial charge in [-0.15, -0.1) is 0 Å². The summed E-state index contributed by atoms with van der Waals surface area (Å²) in [5.41, 5.74) is -0.378. The van der Waals surface area contributed by atoms with Gasteiger partial charge in [-0.05, 0) is 39.5 Å². The Morgan fingerprint density at radius 1 is 1.25 bits per heavy atom. The van der Waals surface area contributed by atoms with Crippen LogP contribution in [-0.2, 0) is 4.79 Å². The summed E-state index contributed by atoms with van der Waals surface area (Å²) in [6, 6.07) is 0.0726. The first-order chi connectivity index (χ1) is 9.21. The molecule has 5 heteroatoms. The summed E-state index contributed by atoms with van der Waals surface area (Å²) < 4.78 is 0. The molecule has 0 bridgehead atoms. The van der Waals surface area contributed by atoms with Gasteiger partial charge in [0.2, 0.25) is 0 Å². The van der Waals surface area contributed by atoms with Crippen LogP contribution < -0.4 is 5.32 Å². The molecule has 2 N–H and O–H groups in total. The Balaban J connectivity index is 2.65. The summed E-state index contributed by atoms with van der Waals surface area (Å²) in [4.78, 5) is 24.8. The van der Waals surface area contributed by atoms with Gasteiger partial charge >= 0.3 is 12.0 Å². The van der Waals surface area contributed by atoms with Crippen molar-refractivity contribution in [3.8, 4) is 0 Å². The topological polar surface area (TPSA) is 69.6 Å². The zero-order valence-corrected chi connectivity index (χ0v) is 13.1. The maximum absolute atomic E-state index is 12.4. The van der Waals surface area contributed by atoms with Crippen molar-refractivity contribution in [3.05, 3.63) is 0 Å². The SMILES string of the molecule is CC1CCCCC1NC(=O)N(CCC(=O)O)C(C)(C)C. The molecule has 0 aliphatic heterocycles. The monoisotopic (exact) mass is 284 g/mol. The van der Waals surface area contributed by atoms with Gasteiger partial charge in [-0.25, -0.2) is 4.79 Å². The maximum atomic E-state index is 12.4. The lowest BCUT2D eigenvalue weighted by atomic mass is 9.86. The molecule has 0 saturated heterocycles. The van der Waals surface area contributed by atoms with Crippen LogP contribution in [0.25, 0.3) is 0 Å². The minimum absolute atomic E-state index is 0.0229. The van der Waals surface area contributed by atoms with E-state index in [9.17, 15) is 9.59 Å². The van der Waals surface area contributed by atoms with Crippen LogP contribution in [0.5, 0.6) is 0 Å². The fraction of sp³-hybridized carbons (Fsp3) is 0.867. The van der Waals surface area contributed by atoms with Gasteiger partial charge in [-0.3, -0.25) is 4.79 Å². The fourth-order valence-corrected chi connectivity index (χ4v) is 2.72. The van der Waals surface area contributed by atoms with Gasteiger partial charge in [0.05, 0.1) is 6.42 Å². The smallest absolute Gasteiger partial charge is 0.318 e. The van der Waals surface area contributed by atoms with Gasteiger partial charge in [0.15, 0.2) is 0 Å². The number of rotatable bonds is 4. The molecule has 2 amide bonds. The summed E-state index contributed by atoms with van der Waals surface area (Å²) >= 11 is 0. The van der Waals surface area contributed by atoms with Gasteiger partial charge < -0.3 is 15.3 Å². The summed E-state index contributed by atoms with van der Waals surface area (Å²) in [5.74, 6) is -0.382. The van der Waals surface area contributed by atoms with Crippen molar-refractivity contribution >= 4 is 12.0 Å². The van der Waals surface area contributed by atoms with E-state index in [1.165, 1.54) is 6.42 Å². The number of amides is 2. The predicted octanol–water partition coefficient (Wildman–Crippen LogP) is 2.85. The summed E-state index contributed by atoms with van der Waals surface area (Å²) in [6.07, 6.45) is 4.53. The molecule has 116 valence electrons. The molecule has 1 rings (SSSR count). The lowest BCUT2D eigenvalue weighted by Gasteiger charge is -2.38. The van der Waals surface area contributed by atoms with E-state index in [4.69, 9.17) is 5.11 Å². The molecule has 20 heavy (non-hydrogen) atoms. The molecule has 1 aliphatic rings. The average Bonchev–Trinajstić information content (AvgIpc) is 2.30. The first kappa shape index (κ1) is 16.8. The molecule has 1 fully saturated rings. The van der Waals surface area contributed by atoms with E-state index in [0.717, 1.165) is 19.3 Å². The second kappa shape index (κ2) is 6.95. The largest absolute Gasteiger partial charge is 0.481 e. The number of nitrogens with zero attached hydrogens (tertiary/aromatic N) is 1. The first-order valence-corrected chi connectivity index (χ1v) is 7.51. The Morgan fingerprint density at radius 3 is 2.35 bits per heavy atom. The van der Waals surface area contributed by atoms with Crippen LogP contribution in [0.2, 0.25) is 0 Å². The molecule has 5 nitrogen and oxygen atoms in total. The van der Waals surface area contributed by atoms with Crippen LogP contribution in [0.1, 0.15) is 59.8 Å². The lowest BCUT2D eigenvalue weighted by molar-refractivity contribution is -0.137. The molecule has 0 aromatic heterocycles. The molecule has 0 radical (unpaired) electrons. The third-order valence-corrected chi connectivity index (χ3v) is 4.02. The quantitative estimate of drug-likeness (QED) is 0.834. The van der Waals surface area contributed by atoms with E-state index in [2.05, 4.69) is 12.2 Å². The molecule has 2 atom stereocenters. The van der Waals surface area contributed by atoms with Crippen molar-refractivity contribution in [1.29, 1.82) is 0 Å². The minimum atomic E-state index is -0.877. The van der Waals surface area contributed by atoms with Crippen LogP contribution in [-0.4, -0.2) is 40.1 Å². The van der Waals surface area contributed by atoms with Crippen molar-refractivity contribution < 1.29 is 14.7 Å².